The van der Waals surface area contributed by atoms with E-state index >= 15 is 0 Å². The molecule has 108 valence electrons. The second-order valence-corrected chi connectivity index (χ2v) is 5.10. The van der Waals surface area contributed by atoms with Crippen LogP contribution in [-0.2, 0) is 18.2 Å². The topological polar surface area (TPSA) is 69.0 Å². The Morgan fingerprint density at radius 3 is 3.00 bits per heavy atom. The van der Waals surface area contributed by atoms with Crippen molar-refractivity contribution in [1.29, 1.82) is 0 Å². The van der Waals surface area contributed by atoms with Crippen molar-refractivity contribution in [3.63, 3.8) is 0 Å². The van der Waals surface area contributed by atoms with Gasteiger partial charge in [-0.15, -0.1) is 0 Å². The van der Waals surface area contributed by atoms with E-state index in [1.165, 1.54) is 11.5 Å². The molecule has 0 aliphatic rings. The van der Waals surface area contributed by atoms with E-state index in [-0.39, 0.29) is 5.97 Å². The van der Waals surface area contributed by atoms with Crippen LogP contribution in [0.25, 0.3) is 0 Å². The molecule has 0 spiro atoms. The lowest BCUT2D eigenvalue weighted by molar-refractivity contribution is 0.0527. The third-order valence-corrected chi connectivity index (χ3v) is 3.79. The molecule has 0 saturated heterocycles. The molecule has 7 heteroatoms. The zero-order valence-corrected chi connectivity index (χ0v) is 12.7. The van der Waals surface area contributed by atoms with Gasteiger partial charge in [-0.1, -0.05) is 0 Å². The Balaban J connectivity index is 1.99. The minimum atomic E-state index is -0.321. The number of esters is 1. The van der Waals surface area contributed by atoms with Gasteiger partial charge < -0.3 is 14.6 Å². The average molecular weight is 294 g/mol. The van der Waals surface area contributed by atoms with E-state index in [9.17, 15) is 4.79 Å². The average Bonchev–Trinajstić information content (AvgIpc) is 2.97. The van der Waals surface area contributed by atoms with E-state index in [0.717, 1.165) is 17.2 Å². The summed E-state index contributed by atoms with van der Waals surface area (Å²) in [5.41, 5.74) is 1.24. The molecule has 2 aromatic heterocycles. The minimum absolute atomic E-state index is 0.321. The number of nitrogens with one attached hydrogen (secondary N) is 1. The Labute approximate surface area is 122 Å². The van der Waals surface area contributed by atoms with Crippen molar-refractivity contribution in [3.8, 4) is 0 Å². The normalized spacial score (nSPS) is 10.6. The van der Waals surface area contributed by atoms with Crippen molar-refractivity contribution < 1.29 is 9.53 Å². The van der Waals surface area contributed by atoms with Gasteiger partial charge in [-0.25, -0.2) is 9.78 Å². The highest BCUT2D eigenvalue weighted by molar-refractivity contribution is 7.10. The SMILES string of the molecule is CCOC(=O)c1c(C)nsc1NCCc1nccn1C. The fourth-order valence-electron chi connectivity index (χ4n) is 1.86. The molecule has 6 nitrogen and oxygen atoms in total. The van der Waals surface area contributed by atoms with Crippen LogP contribution in [0, 0.1) is 6.92 Å². The van der Waals surface area contributed by atoms with Crippen LogP contribution in [0.15, 0.2) is 12.4 Å². The molecular weight excluding hydrogens is 276 g/mol. The highest BCUT2D eigenvalue weighted by Gasteiger charge is 2.19. The van der Waals surface area contributed by atoms with Crippen LogP contribution in [0.2, 0.25) is 0 Å². The molecule has 2 heterocycles. The number of rotatable bonds is 6. The highest BCUT2D eigenvalue weighted by Crippen LogP contribution is 2.25. The molecular formula is C13H18N4O2S. The summed E-state index contributed by atoms with van der Waals surface area (Å²) < 4.78 is 11.2. The van der Waals surface area contributed by atoms with Gasteiger partial charge in [0.05, 0.1) is 12.3 Å². The molecule has 0 atom stereocenters. The Morgan fingerprint density at radius 1 is 1.55 bits per heavy atom. The van der Waals surface area contributed by atoms with Crippen LogP contribution in [-0.4, -0.2) is 33.0 Å². The summed E-state index contributed by atoms with van der Waals surface area (Å²) in [4.78, 5) is 16.1. The Bertz CT molecular complexity index is 591. The first kappa shape index (κ1) is 14.5. The van der Waals surface area contributed by atoms with Crippen molar-refractivity contribution in [1.82, 2.24) is 13.9 Å². The van der Waals surface area contributed by atoms with E-state index < -0.39 is 0 Å². The summed E-state index contributed by atoms with van der Waals surface area (Å²) in [5, 5.41) is 4.00. The van der Waals surface area contributed by atoms with Gasteiger partial charge in [0, 0.05) is 32.4 Å². The molecule has 0 aliphatic heterocycles. The Hall–Kier alpha value is -1.89. The smallest absolute Gasteiger partial charge is 0.343 e. The molecule has 0 aromatic carbocycles. The maximum atomic E-state index is 11.9. The van der Waals surface area contributed by atoms with Crippen LogP contribution in [0.4, 0.5) is 5.00 Å². The molecule has 20 heavy (non-hydrogen) atoms. The van der Waals surface area contributed by atoms with Crippen LogP contribution < -0.4 is 5.32 Å². The molecule has 0 unspecified atom stereocenters. The van der Waals surface area contributed by atoms with Gasteiger partial charge in [0.15, 0.2) is 0 Å². The molecule has 0 bridgehead atoms. The molecule has 0 aliphatic carbocycles. The number of imidazole rings is 1. The van der Waals surface area contributed by atoms with Crippen LogP contribution in [0.5, 0.6) is 0 Å². The molecule has 1 N–H and O–H groups in total. The summed E-state index contributed by atoms with van der Waals surface area (Å²) in [5.74, 6) is 0.676. The number of aromatic nitrogens is 3. The van der Waals surface area contributed by atoms with Crippen LogP contribution in [0.3, 0.4) is 0 Å². The van der Waals surface area contributed by atoms with Gasteiger partial charge in [-0.05, 0) is 25.4 Å². The predicted molar refractivity (Wildman–Crippen MR) is 78.2 cm³/mol. The molecule has 0 amide bonds. The van der Waals surface area contributed by atoms with Gasteiger partial charge in [0.25, 0.3) is 0 Å². The Morgan fingerprint density at radius 2 is 2.35 bits per heavy atom. The lowest BCUT2D eigenvalue weighted by Crippen LogP contribution is -2.12. The fourth-order valence-corrected chi connectivity index (χ4v) is 2.67. The van der Waals surface area contributed by atoms with Gasteiger partial charge in [-0.2, -0.15) is 4.37 Å². The minimum Gasteiger partial charge on any atom is -0.462 e. The quantitative estimate of drug-likeness (QED) is 0.825. The third kappa shape index (κ3) is 3.16. The number of nitrogens with zero attached hydrogens (tertiary/aromatic N) is 3. The standard InChI is InChI=1S/C13H18N4O2S/c1-4-19-13(18)11-9(2)16-20-12(11)15-6-5-10-14-7-8-17(10)3/h7-8,15H,4-6H2,1-3H3. The number of carbonyl (C=O) groups excluding carboxylic acids is 1. The van der Waals surface area contributed by atoms with E-state index in [1.54, 1.807) is 13.1 Å². The van der Waals surface area contributed by atoms with Crippen molar-refractivity contribution in [2.75, 3.05) is 18.5 Å². The largest absolute Gasteiger partial charge is 0.462 e. The summed E-state index contributed by atoms with van der Waals surface area (Å²) >= 11 is 1.28. The summed E-state index contributed by atoms with van der Waals surface area (Å²) in [6.07, 6.45) is 4.47. The molecule has 0 saturated carbocycles. The van der Waals surface area contributed by atoms with E-state index in [1.807, 2.05) is 24.7 Å². The van der Waals surface area contributed by atoms with Crippen molar-refractivity contribution >= 4 is 22.5 Å². The van der Waals surface area contributed by atoms with E-state index in [0.29, 0.717) is 24.4 Å². The fraction of sp³-hybridized carbons (Fsp3) is 0.462. The van der Waals surface area contributed by atoms with E-state index in [2.05, 4.69) is 14.7 Å². The Kier molecular flexibility index (Phi) is 4.73. The van der Waals surface area contributed by atoms with Crippen LogP contribution in [0.1, 0.15) is 28.8 Å². The lowest BCUT2D eigenvalue weighted by atomic mass is 10.2. The predicted octanol–water partition coefficient (Wildman–Crippen LogP) is 2.02. The maximum Gasteiger partial charge on any atom is 0.343 e. The first-order chi connectivity index (χ1) is 9.63. The maximum absolute atomic E-state index is 11.9. The van der Waals surface area contributed by atoms with Gasteiger partial charge in [0.1, 0.15) is 16.4 Å². The molecule has 0 fully saturated rings. The lowest BCUT2D eigenvalue weighted by Gasteiger charge is -2.07. The number of anilines is 1. The monoisotopic (exact) mass is 294 g/mol. The second kappa shape index (κ2) is 6.51. The highest BCUT2D eigenvalue weighted by atomic mass is 32.1. The molecule has 2 aromatic rings. The van der Waals surface area contributed by atoms with Gasteiger partial charge in [0.2, 0.25) is 0 Å². The van der Waals surface area contributed by atoms with Gasteiger partial charge in [-0.3, -0.25) is 0 Å². The summed E-state index contributed by atoms with van der Waals surface area (Å²) in [7, 11) is 1.96. The number of aryl methyl sites for hydroxylation is 2. The van der Waals surface area contributed by atoms with Crippen molar-refractivity contribution in [2.24, 2.45) is 7.05 Å². The number of hydrogen-bond donors (Lipinski definition) is 1. The first-order valence-electron chi connectivity index (χ1n) is 6.47. The number of hydrogen-bond acceptors (Lipinski definition) is 6. The van der Waals surface area contributed by atoms with E-state index in [4.69, 9.17) is 4.74 Å². The number of carbonyl (C=O) groups is 1. The zero-order valence-electron chi connectivity index (χ0n) is 11.8. The van der Waals surface area contributed by atoms with Crippen molar-refractivity contribution in [2.45, 2.75) is 20.3 Å². The first-order valence-corrected chi connectivity index (χ1v) is 7.24. The van der Waals surface area contributed by atoms with Crippen LogP contribution >= 0.6 is 11.5 Å². The summed E-state index contributed by atoms with van der Waals surface area (Å²) in [6, 6.07) is 0. The summed E-state index contributed by atoms with van der Waals surface area (Å²) in [6.45, 7) is 4.66. The molecule has 0 radical (unpaired) electrons. The third-order valence-electron chi connectivity index (χ3n) is 2.90. The van der Waals surface area contributed by atoms with Crippen molar-refractivity contribution in [3.05, 3.63) is 29.5 Å². The number of ether oxygens (including phenoxy) is 1. The second-order valence-electron chi connectivity index (χ2n) is 4.32. The zero-order chi connectivity index (χ0) is 14.5. The van der Waals surface area contributed by atoms with Gasteiger partial charge >= 0.3 is 5.97 Å². The molecule has 2 rings (SSSR count).